The van der Waals surface area contributed by atoms with Gasteiger partial charge in [0.2, 0.25) is 0 Å². The maximum absolute atomic E-state index is 12.9. The maximum Gasteiger partial charge on any atom is 0.156 e. The van der Waals surface area contributed by atoms with Crippen LogP contribution >= 0.6 is 0 Å². The molecule has 0 spiro atoms. The molecule has 100 valence electrons. The topological polar surface area (TPSA) is 23.6 Å². The van der Waals surface area contributed by atoms with Crippen LogP contribution in [0.15, 0.2) is 24.6 Å². The quantitative estimate of drug-likeness (QED) is 0.720. The fraction of sp³-hybridized carbons (Fsp3) is 0.667. The highest BCUT2D eigenvalue weighted by molar-refractivity contribution is 5.99. The van der Waals surface area contributed by atoms with E-state index in [2.05, 4.69) is 13.2 Å². The van der Waals surface area contributed by atoms with E-state index in [0.29, 0.717) is 5.78 Å². The largest absolute Gasteiger partial charge is 0.381 e. The molecule has 0 aromatic heterocycles. The van der Waals surface area contributed by atoms with E-state index in [4.69, 9.17) is 0 Å². The Morgan fingerprint density at radius 3 is 1.28 bits per heavy atom. The molecule has 0 atom stereocenters. The molecule has 0 bridgehead atoms. The summed E-state index contributed by atoms with van der Waals surface area (Å²) in [6.07, 6.45) is 3.80. The average Bonchev–Trinajstić information content (AvgIpc) is 3.19. The van der Waals surface area contributed by atoms with E-state index < -0.39 is 0 Å². The van der Waals surface area contributed by atoms with Crippen LogP contribution in [0.1, 0.15) is 25.7 Å². The van der Waals surface area contributed by atoms with Crippen molar-refractivity contribution in [2.24, 2.45) is 10.8 Å². The van der Waals surface area contributed by atoms with Gasteiger partial charge in [0.05, 0.1) is 10.8 Å². The number of carbonyl (C=O) groups excluding carboxylic acids is 1. The minimum atomic E-state index is -0.293. The summed E-state index contributed by atoms with van der Waals surface area (Å²) in [4.78, 5) is 16.9. The first kappa shape index (κ1) is 13.2. The SMILES string of the molecule is C=C(N(C)C)C1(C(=O)C2(C(=C)N(C)C)CC2)CC1. The fourth-order valence-corrected chi connectivity index (χ4v) is 2.86. The summed E-state index contributed by atoms with van der Waals surface area (Å²) in [7, 11) is 7.87. The second-order valence-corrected chi connectivity index (χ2v) is 6.18. The van der Waals surface area contributed by atoms with Crippen LogP contribution in [-0.4, -0.2) is 43.8 Å². The van der Waals surface area contributed by atoms with Crippen molar-refractivity contribution < 1.29 is 4.79 Å². The molecule has 3 heteroatoms. The number of ketones is 1. The number of hydrogen-bond donors (Lipinski definition) is 0. The Bertz CT molecular complexity index is 374. The third-order valence-electron chi connectivity index (χ3n) is 4.55. The summed E-state index contributed by atoms with van der Waals surface area (Å²) >= 11 is 0. The lowest BCUT2D eigenvalue weighted by Crippen LogP contribution is -2.36. The zero-order chi connectivity index (χ0) is 13.7. The second-order valence-electron chi connectivity index (χ2n) is 6.18. The van der Waals surface area contributed by atoms with Crippen LogP contribution < -0.4 is 0 Å². The first-order valence-corrected chi connectivity index (χ1v) is 6.56. The van der Waals surface area contributed by atoms with E-state index >= 15 is 0 Å². The fourth-order valence-electron chi connectivity index (χ4n) is 2.86. The van der Waals surface area contributed by atoms with Gasteiger partial charge in [-0.1, -0.05) is 13.2 Å². The van der Waals surface area contributed by atoms with Crippen LogP contribution in [0.3, 0.4) is 0 Å². The molecule has 2 fully saturated rings. The van der Waals surface area contributed by atoms with E-state index in [1.165, 1.54) is 0 Å². The lowest BCUT2D eigenvalue weighted by atomic mass is 9.83. The van der Waals surface area contributed by atoms with Crippen molar-refractivity contribution in [1.82, 2.24) is 9.80 Å². The monoisotopic (exact) mass is 248 g/mol. The highest BCUT2D eigenvalue weighted by Gasteiger charge is 2.64. The van der Waals surface area contributed by atoms with Crippen LogP contribution in [0, 0.1) is 10.8 Å². The van der Waals surface area contributed by atoms with E-state index in [0.717, 1.165) is 37.1 Å². The van der Waals surface area contributed by atoms with Crippen LogP contribution in [-0.2, 0) is 4.79 Å². The zero-order valence-electron chi connectivity index (χ0n) is 12.0. The van der Waals surface area contributed by atoms with E-state index in [1.807, 2.05) is 38.0 Å². The van der Waals surface area contributed by atoms with Crippen LogP contribution in [0.2, 0.25) is 0 Å². The number of allylic oxidation sites excluding steroid dienone is 2. The Hall–Kier alpha value is -1.25. The van der Waals surface area contributed by atoms with Gasteiger partial charge in [-0.3, -0.25) is 4.79 Å². The molecule has 3 nitrogen and oxygen atoms in total. The standard InChI is InChI=1S/C15H24N2O/c1-11(16(3)4)14(7-8-14)13(18)15(9-10-15)12(2)17(5)6/h1-2,7-10H2,3-6H3. The molecular weight excluding hydrogens is 224 g/mol. The molecule has 2 rings (SSSR count). The Morgan fingerprint density at radius 2 is 1.11 bits per heavy atom. The molecule has 0 unspecified atom stereocenters. The first-order valence-electron chi connectivity index (χ1n) is 6.56. The predicted octanol–water partition coefficient (Wildman–Crippen LogP) is 2.27. The highest BCUT2D eigenvalue weighted by Crippen LogP contribution is 2.64. The van der Waals surface area contributed by atoms with E-state index in [9.17, 15) is 4.79 Å². The van der Waals surface area contributed by atoms with Gasteiger partial charge in [0.25, 0.3) is 0 Å². The molecule has 0 aromatic rings. The van der Waals surface area contributed by atoms with Gasteiger partial charge < -0.3 is 9.80 Å². The molecule has 0 aromatic carbocycles. The lowest BCUT2D eigenvalue weighted by Gasteiger charge is -2.31. The van der Waals surface area contributed by atoms with Crippen LogP contribution in [0.4, 0.5) is 0 Å². The number of nitrogens with zero attached hydrogens (tertiary/aromatic N) is 2. The molecule has 0 amide bonds. The van der Waals surface area contributed by atoms with Gasteiger partial charge in [-0.25, -0.2) is 0 Å². The predicted molar refractivity (Wildman–Crippen MR) is 74.0 cm³/mol. The number of carbonyl (C=O) groups is 1. The second kappa shape index (κ2) is 3.87. The normalized spacial score (nSPS) is 22.0. The van der Waals surface area contributed by atoms with Crippen LogP contribution in [0.5, 0.6) is 0 Å². The summed E-state index contributed by atoms with van der Waals surface area (Å²) in [6.45, 7) is 8.23. The van der Waals surface area contributed by atoms with E-state index in [1.54, 1.807) is 0 Å². The molecule has 2 saturated carbocycles. The molecule has 0 N–H and O–H groups in total. The molecule has 2 aliphatic carbocycles. The van der Waals surface area contributed by atoms with Crippen molar-refractivity contribution >= 4 is 5.78 Å². The van der Waals surface area contributed by atoms with Gasteiger partial charge in [0.15, 0.2) is 5.78 Å². The Balaban J connectivity index is 2.23. The third-order valence-corrected chi connectivity index (χ3v) is 4.55. The lowest BCUT2D eigenvalue weighted by molar-refractivity contribution is -0.127. The molecule has 2 aliphatic rings. The number of Topliss-reactive ketones (excluding diaryl/α,β-unsaturated/α-hetero) is 1. The molecule has 0 heterocycles. The van der Waals surface area contributed by atoms with Gasteiger partial charge in [-0.05, 0) is 25.7 Å². The van der Waals surface area contributed by atoms with Gasteiger partial charge in [0, 0.05) is 39.6 Å². The van der Waals surface area contributed by atoms with Crippen molar-refractivity contribution in [3.63, 3.8) is 0 Å². The van der Waals surface area contributed by atoms with Gasteiger partial charge >= 0.3 is 0 Å². The van der Waals surface area contributed by atoms with Crippen molar-refractivity contribution in [2.45, 2.75) is 25.7 Å². The van der Waals surface area contributed by atoms with E-state index in [-0.39, 0.29) is 10.8 Å². The Labute approximate surface area is 110 Å². The summed E-state index contributed by atoms with van der Waals surface area (Å²) in [5.74, 6) is 0.354. The summed E-state index contributed by atoms with van der Waals surface area (Å²) in [5.41, 5.74) is 1.34. The zero-order valence-corrected chi connectivity index (χ0v) is 12.0. The summed E-state index contributed by atoms with van der Waals surface area (Å²) < 4.78 is 0. The van der Waals surface area contributed by atoms with Crippen molar-refractivity contribution in [2.75, 3.05) is 28.2 Å². The average molecular weight is 248 g/mol. The highest BCUT2D eigenvalue weighted by atomic mass is 16.1. The Kier molecular flexibility index (Phi) is 2.84. The first-order chi connectivity index (χ1) is 8.28. The molecule has 0 saturated heterocycles. The molecule has 0 radical (unpaired) electrons. The minimum absolute atomic E-state index is 0.293. The number of rotatable bonds is 6. The molecule has 0 aliphatic heterocycles. The molecule has 18 heavy (non-hydrogen) atoms. The molecular formula is C15H24N2O. The van der Waals surface area contributed by atoms with Crippen molar-refractivity contribution in [3.8, 4) is 0 Å². The maximum atomic E-state index is 12.9. The van der Waals surface area contributed by atoms with Crippen molar-refractivity contribution in [3.05, 3.63) is 24.6 Å². The third kappa shape index (κ3) is 1.68. The Morgan fingerprint density at radius 1 is 0.833 bits per heavy atom. The summed E-state index contributed by atoms with van der Waals surface area (Å²) in [5, 5.41) is 0. The summed E-state index contributed by atoms with van der Waals surface area (Å²) in [6, 6.07) is 0. The minimum Gasteiger partial charge on any atom is -0.381 e. The van der Waals surface area contributed by atoms with Crippen LogP contribution in [0.25, 0.3) is 0 Å². The van der Waals surface area contributed by atoms with Crippen molar-refractivity contribution in [1.29, 1.82) is 0 Å². The smallest absolute Gasteiger partial charge is 0.156 e. The number of hydrogen-bond acceptors (Lipinski definition) is 3. The van der Waals surface area contributed by atoms with Gasteiger partial charge in [0.1, 0.15) is 0 Å². The van der Waals surface area contributed by atoms with Gasteiger partial charge in [-0.2, -0.15) is 0 Å². The van der Waals surface area contributed by atoms with Gasteiger partial charge in [-0.15, -0.1) is 0 Å².